The predicted octanol–water partition coefficient (Wildman–Crippen LogP) is 1.73. The summed E-state index contributed by atoms with van der Waals surface area (Å²) in [6.07, 6.45) is 0. The number of hydrogen-bond acceptors (Lipinski definition) is 4. The van der Waals surface area contributed by atoms with E-state index in [1.807, 2.05) is 6.07 Å². The molecule has 0 fully saturated rings. The van der Waals surface area contributed by atoms with Gasteiger partial charge in [-0.3, -0.25) is 19.8 Å². The number of fused-ring (bicyclic) bond motifs is 1. The Kier molecular flexibility index (Phi) is 2.31. The van der Waals surface area contributed by atoms with Gasteiger partial charge >= 0.3 is 0 Å². The Hall–Kier alpha value is -2.34. The summed E-state index contributed by atoms with van der Waals surface area (Å²) in [6, 6.07) is 8.86. The molecule has 90 valence electrons. The molecule has 0 saturated heterocycles. The number of anilines is 1. The number of aromatic amines is 2. The second-order valence-corrected chi connectivity index (χ2v) is 4.84. The number of aromatic nitrogens is 2. The highest BCUT2D eigenvalue weighted by molar-refractivity contribution is 7.21. The van der Waals surface area contributed by atoms with Crippen molar-refractivity contribution in [3.8, 4) is 0 Å². The van der Waals surface area contributed by atoms with Gasteiger partial charge in [0.25, 0.3) is 5.56 Å². The normalized spacial score (nSPS) is 10.9. The molecule has 18 heavy (non-hydrogen) atoms. The summed E-state index contributed by atoms with van der Waals surface area (Å²) in [7, 11) is 0. The number of thiophene rings is 1. The molecule has 0 amide bonds. The van der Waals surface area contributed by atoms with Crippen LogP contribution in [0.5, 0.6) is 0 Å². The molecule has 0 aliphatic heterocycles. The van der Waals surface area contributed by atoms with E-state index in [0.29, 0.717) is 20.7 Å². The summed E-state index contributed by atoms with van der Waals surface area (Å²) in [5.74, 6) is -0.165. The minimum Gasteiger partial charge on any atom is -0.397 e. The quantitative estimate of drug-likeness (QED) is 0.612. The highest BCUT2D eigenvalue weighted by Gasteiger charge is 2.20. The van der Waals surface area contributed by atoms with Crippen LogP contribution >= 0.6 is 11.3 Å². The van der Waals surface area contributed by atoms with E-state index in [4.69, 9.17) is 5.73 Å². The van der Waals surface area contributed by atoms with Crippen LogP contribution < -0.4 is 11.3 Å². The van der Waals surface area contributed by atoms with Crippen molar-refractivity contribution in [3.05, 3.63) is 51.1 Å². The maximum Gasteiger partial charge on any atom is 0.274 e. The summed E-state index contributed by atoms with van der Waals surface area (Å²) in [4.78, 5) is 24.7. The third-order valence-corrected chi connectivity index (χ3v) is 3.82. The zero-order valence-electron chi connectivity index (χ0n) is 9.19. The smallest absolute Gasteiger partial charge is 0.274 e. The van der Waals surface area contributed by atoms with Crippen LogP contribution in [0.15, 0.2) is 35.1 Å². The SMILES string of the molecule is Nc1c(C(=O)c2ccccc2)sc2[nH][nH]c(=O)c12. The Morgan fingerprint density at radius 3 is 2.56 bits per heavy atom. The summed E-state index contributed by atoms with van der Waals surface area (Å²) in [6.45, 7) is 0. The van der Waals surface area contributed by atoms with E-state index in [0.717, 1.165) is 0 Å². The van der Waals surface area contributed by atoms with Crippen LogP contribution in [0.25, 0.3) is 10.2 Å². The lowest BCUT2D eigenvalue weighted by molar-refractivity contribution is 0.104. The van der Waals surface area contributed by atoms with Crippen LogP contribution in [-0.4, -0.2) is 16.0 Å². The first-order valence-electron chi connectivity index (χ1n) is 5.27. The fraction of sp³-hybridized carbons (Fsp3) is 0. The van der Waals surface area contributed by atoms with Crippen molar-refractivity contribution in [2.45, 2.75) is 0 Å². The zero-order valence-corrected chi connectivity index (χ0v) is 10.0. The number of rotatable bonds is 2. The molecule has 6 heteroatoms. The van der Waals surface area contributed by atoms with Gasteiger partial charge in [0.1, 0.15) is 15.1 Å². The van der Waals surface area contributed by atoms with E-state index in [1.54, 1.807) is 24.3 Å². The summed E-state index contributed by atoms with van der Waals surface area (Å²) < 4.78 is 0. The minimum atomic E-state index is -0.300. The molecule has 0 spiro atoms. The van der Waals surface area contributed by atoms with Crippen molar-refractivity contribution in [1.82, 2.24) is 10.2 Å². The molecule has 0 saturated carbocycles. The number of ketones is 1. The van der Waals surface area contributed by atoms with Gasteiger partial charge in [-0.1, -0.05) is 30.3 Å². The molecule has 0 atom stereocenters. The molecule has 1 aromatic carbocycles. The summed E-state index contributed by atoms with van der Waals surface area (Å²) >= 11 is 1.19. The van der Waals surface area contributed by atoms with Gasteiger partial charge in [0, 0.05) is 5.56 Å². The lowest BCUT2D eigenvalue weighted by Gasteiger charge is -1.98. The Balaban J connectivity index is 2.18. The van der Waals surface area contributed by atoms with E-state index in [1.165, 1.54) is 11.3 Å². The van der Waals surface area contributed by atoms with Gasteiger partial charge in [0.15, 0.2) is 0 Å². The predicted molar refractivity (Wildman–Crippen MR) is 71.1 cm³/mol. The molecular formula is C12H9N3O2S. The minimum absolute atomic E-state index is 0.165. The maximum atomic E-state index is 12.3. The maximum absolute atomic E-state index is 12.3. The van der Waals surface area contributed by atoms with Gasteiger partial charge in [-0.25, -0.2) is 0 Å². The van der Waals surface area contributed by atoms with Crippen LogP contribution in [-0.2, 0) is 0 Å². The molecular weight excluding hydrogens is 250 g/mol. The number of nitrogen functional groups attached to an aromatic ring is 1. The standard InChI is InChI=1S/C12H9N3O2S/c13-8-7-11(17)14-15-12(7)18-10(8)9(16)6-4-2-1-3-5-6/h1-5H,13H2,(H2,14,15,17). The number of H-pyrrole nitrogens is 2. The van der Waals surface area contributed by atoms with Crippen LogP contribution in [0.4, 0.5) is 5.69 Å². The molecule has 0 aliphatic rings. The topological polar surface area (TPSA) is 91.7 Å². The number of carbonyl (C=O) groups is 1. The Morgan fingerprint density at radius 2 is 1.89 bits per heavy atom. The van der Waals surface area contributed by atoms with Gasteiger partial charge < -0.3 is 5.73 Å². The van der Waals surface area contributed by atoms with Crippen molar-refractivity contribution in [2.24, 2.45) is 0 Å². The van der Waals surface area contributed by atoms with Crippen molar-refractivity contribution >= 4 is 33.0 Å². The third-order valence-electron chi connectivity index (χ3n) is 2.70. The van der Waals surface area contributed by atoms with E-state index < -0.39 is 0 Å². The second kappa shape index (κ2) is 3.85. The van der Waals surface area contributed by atoms with Crippen LogP contribution in [0, 0.1) is 0 Å². The highest BCUT2D eigenvalue weighted by atomic mass is 32.1. The molecule has 3 aromatic rings. The van der Waals surface area contributed by atoms with Crippen molar-refractivity contribution in [3.63, 3.8) is 0 Å². The van der Waals surface area contributed by atoms with Crippen LogP contribution in [0.1, 0.15) is 15.2 Å². The van der Waals surface area contributed by atoms with Crippen molar-refractivity contribution < 1.29 is 4.79 Å². The molecule has 2 heterocycles. The largest absolute Gasteiger partial charge is 0.397 e. The molecule has 3 rings (SSSR count). The average molecular weight is 259 g/mol. The lowest BCUT2D eigenvalue weighted by Crippen LogP contribution is -2.05. The monoisotopic (exact) mass is 259 g/mol. The van der Waals surface area contributed by atoms with E-state index in [2.05, 4.69) is 10.2 Å². The lowest BCUT2D eigenvalue weighted by atomic mass is 10.1. The average Bonchev–Trinajstić information content (AvgIpc) is 2.92. The number of hydrogen-bond donors (Lipinski definition) is 3. The summed E-state index contributed by atoms with van der Waals surface area (Å²) in [5, 5.41) is 5.51. The number of carbonyl (C=O) groups excluding carboxylic acids is 1. The fourth-order valence-electron chi connectivity index (χ4n) is 1.82. The molecule has 0 bridgehead atoms. The molecule has 5 nitrogen and oxygen atoms in total. The van der Waals surface area contributed by atoms with Crippen LogP contribution in [0.2, 0.25) is 0 Å². The van der Waals surface area contributed by atoms with Gasteiger partial charge in [0.2, 0.25) is 5.78 Å². The van der Waals surface area contributed by atoms with Crippen molar-refractivity contribution in [2.75, 3.05) is 5.73 Å². The van der Waals surface area contributed by atoms with E-state index >= 15 is 0 Å². The van der Waals surface area contributed by atoms with E-state index in [-0.39, 0.29) is 17.0 Å². The second-order valence-electron chi connectivity index (χ2n) is 3.82. The number of benzene rings is 1. The van der Waals surface area contributed by atoms with Gasteiger partial charge in [-0.05, 0) is 0 Å². The van der Waals surface area contributed by atoms with Crippen LogP contribution in [0.3, 0.4) is 0 Å². The van der Waals surface area contributed by atoms with Gasteiger partial charge in [0.05, 0.1) is 5.69 Å². The molecule has 0 unspecified atom stereocenters. The highest BCUT2D eigenvalue weighted by Crippen LogP contribution is 2.31. The Labute approximate surface area is 105 Å². The Bertz CT molecular complexity index is 783. The first kappa shape index (κ1) is 10.8. The molecule has 4 N–H and O–H groups in total. The first-order valence-corrected chi connectivity index (χ1v) is 6.08. The molecule has 0 aliphatic carbocycles. The zero-order chi connectivity index (χ0) is 12.7. The molecule has 0 radical (unpaired) electrons. The summed E-state index contributed by atoms with van der Waals surface area (Å²) in [5.41, 5.74) is 6.37. The number of nitrogens with two attached hydrogens (primary N) is 1. The number of nitrogens with one attached hydrogen (secondary N) is 2. The van der Waals surface area contributed by atoms with Gasteiger partial charge in [-0.15, -0.1) is 11.3 Å². The van der Waals surface area contributed by atoms with Gasteiger partial charge in [-0.2, -0.15) is 0 Å². The van der Waals surface area contributed by atoms with E-state index in [9.17, 15) is 9.59 Å². The Morgan fingerprint density at radius 1 is 1.17 bits per heavy atom. The third kappa shape index (κ3) is 1.46. The first-order chi connectivity index (χ1) is 8.68. The molecule has 2 aromatic heterocycles. The van der Waals surface area contributed by atoms with Crippen molar-refractivity contribution in [1.29, 1.82) is 0 Å². The fourth-order valence-corrected chi connectivity index (χ4v) is 2.86.